The Kier molecular flexibility index (Phi) is 10.2. The van der Waals surface area contributed by atoms with Crippen LogP contribution >= 0.6 is 0 Å². The van der Waals surface area contributed by atoms with E-state index in [1.54, 1.807) is 0 Å². The average Bonchev–Trinajstić information content (AvgIpc) is 2.57. The van der Waals surface area contributed by atoms with Crippen LogP contribution in [0.25, 0.3) is 0 Å². The quantitative estimate of drug-likeness (QED) is 0.165. The van der Waals surface area contributed by atoms with Gasteiger partial charge in [-0.05, 0) is 5.56 Å². The molecule has 2 rings (SSSR count). The topological polar surface area (TPSA) is 106 Å². The van der Waals surface area contributed by atoms with Crippen LogP contribution in [-0.2, 0) is 13.0 Å². The average molecular weight is 444 g/mol. The lowest BCUT2D eigenvalue weighted by Gasteiger charge is -2.05. The summed E-state index contributed by atoms with van der Waals surface area (Å²) < 4.78 is 28.0. The van der Waals surface area contributed by atoms with Gasteiger partial charge in [0.1, 0.15) is 6.54 Å². The van der Waals surface area contributed by atoms with E-state index in [9.17, 15) is 5.21 Å². The van der Waals surface area contributed by atoms with E-state index in [1.807, 2.05) is 30.3 Å². The number of aryl methyl sites for hydroxylation is 2. The Hall–Kier alpha value is -1.55. The second-order valence-electron chi connectivity index (χ2n) is 4.99. The van der Waals surface area contributed by atoms with Gasteiger partial charge in [0.2, 0.25) is 0 Å². The molecule has 0 aliphatic carbocycles. The molecule has 6 nitrogen and oxygen atoms in total. The van der Waals surface area contributed by atoms with Crippen molar-refractivity contribution in [2.24, 2.45) is 5.16 Å². The Bertz CT molecular complexity index is 618. The highest BCUT2D eigenvalue weighted by Gasteiger charge is 2.11. The minimum atomic E-state index is -4.01. The molecule has 0 saturated carbocycles. The third-order valence-electron chi connectivity index (χ3n) is 3.34. The summed E-state index contributed by atoms with van der Waals surface area (Å²) in [5.41, 5.74) is 2.98. The molecule has 0 spiro atoms. The van der Waals surface area contributed by atoms with Crippen molar-refractivity contribution < 1.29 is 41.1 Å². The van der Waals surface area contributed by atoms with E-state index in [0.717, 1.165) is 37.1 Å². The van der Waals surface area contributed by atoms with E-state index in [-0.39, 0.29) is 0 Å². The van der Waals surface area contributed by atoms with Gasteiger partial charge in [-0.2, -0.15) is 0 Å². The van der Waals surface area contributed by atoms with Crippen LogP contribution in [0.15, 0.2) is 59.9 Å². The molecule has 24 heavy (non-hydrogen) atoms. The molecule has 2 aromatic rings. The van der Waals surface area contributed by atoms with Gasteiger partial charge in [-0.1, -0.05) is 48.5 Å². The number of pyridine rings is 1. The second kappa shape index (κ2) is 11.9. The van der Waals surface area contributed by atoms with Crippen LogP contribution in [0.4, 0.5) is 0 Å². The molecule has 0 fully saturated rings. The number of oxime groups is 1. The molecule has 0 atom stereocenters. The molecule has 0 bridgehead atoms. The van der Waals surface area contributed by atoms with Crippen molar-refractivity contribution in [1.29, 1.82) is 0 Å². The molecule has 1 N–H and O–H groups in total. The van der Waals surface area contributed by atoms with Crippen molar-refractivity contribution >= 4 is 5.71 Å². The van der Waals surface area contributed by atoms with Gasteiger partial charge in [0.25, 0.3) is 21.1 Å². The lowest BCUT2D eigenvalue weighted by atomic mass is 10.0. The first-order valence-electron chi connectivity index (χ1n) is 7.55. The van der Waals surface area contributed by atoms with Crippen LogP contribution in [-0.4, -0.2) is 10.9 Å². The van der Waals surface area contributed by atoms with Gasteiger partial charge in [-0.15, -0.1) is 0 Å². The summed E-state index contributed by atoms with van der Waals surface area (Å²) in [6.45, 7) is 3.20. The van der Waals surface area contributed by atoms with E-state index >= 15 is 0 Å². The van der Waals surface area contributed by atoms with Crippen molar-refractivity contribution in [3.63, 3.8) is 0 Å². The van der Waals surface area contributed by atoms with E-state index in [2.05, 4.69) is 41.0 Å². The molecule has 0 unspecified atom stereocenters. The van der Waals surface area contributed by atoms with Gasteiger partial charge < -0.3 is 15.5 Å². The molecule has 1 aromatic heterocycles. The summed E-state index contributed by atoms with van der Waals surface area (Å²) in [6.07, 6.45) is 4.82. The van der Waals surface area contributed by atoms with Crippen LogP contribution in [0.5, 0.6) is 0 Å². The first-order valence-corrected chi connectivity index (χ1v) is 10.2. The van der Waals surface area contributed by atoms with E-state index in [0.29, 0.717) is 0 Å². The van der Waals surface area contributed by atoms with E-state index in [4.69, 9.17) is 10.3 Å². The van der Waals surface area contributed by atoms with Crippen molar-refractivity contribution in [3.8, 4) is 0 Å². The maximum absolute atomic E-state index is 9.21. The summed E-state index contributed by atoms with van der Waals surface area (Å²) in [6, 6.07) is 16.1. The minimum Gasteiger partial charge on any atom is -0.427 e. The number of halogens is 1. The zero-order chi connectivity index (χ0) is 17.8. The van der Waals surface area contributed by atoms with Gasteiger partial charge in [-0.25, -0.2) is 4.57 Å². The highest BCUT2D eigenvalue weighted by atomic mass is 127. The van der Waals surface area contributed by atoms with Crippen LogP contribution in [0.3, 0.4) is 0 Å². The molecule has 130 valence electrons. The summed E-state index contributed by atoms with van der Waals surface area (Å²) in [7, 11) is 0. The Morgan fingerprint density at radius 3 is 2.29 bits per heavy atom. The lowest BCUT2D eigenvalue weighted by Crippen LogP contribution is -4.05. The highest BCUT2D eigenvalue weighted by molar-refractivity contribution is 6.00. The van der Waals surface area contributed by atoms with Gasteiger partial charge in [0, 0.05) is 31.4 Å². The standard InChI is InChI=1S/C17H20N2O.IO3/c1-2-13-19-14-7-6-10-16(19)11-12-17(18-20)15-8-4-3-5-9-15;2-1(3)4/h3-10,14H,2,11-13H2,1H3;/q;-1/p+1. The van der Waals surface area contributed by atoms with Crippen LogP contribution in [0, 0.1) is 0 Å². The molecule has 0 aliphatic rings. The first-order chi connectivity index (χ1) is 11.6. The molecule has 0 saturated heterocycles. The molecule has 7 heteroatoms. The number of rotatable bonds is 6. The predicted octanol–water partition coefficient (Wildman–Crippen LogP) is -3.37. The Morgan fingerprint density at radius 1 is 1.08 bits per heavy atom. The fraction of sp³-hybridized carbons (Fsp3) is 0.294. The van der Waals surface area contributed by atoms with Crippen molar-refractivity contribution in [3.05, 3.63) is 66.0 Å². The fourth-order valence-corrected chi connectivity index (χ4v) is 2.33. The van der Waals surface area contributed by atoms with Crippen LogP contribution < -0.4 is 35.9 Å². The monoisotopic (exact) mass is 444 g/mol. The normalized spacial score (nSPS) is 11.1. The van der Waals surface area contributed by atoms with Crippen LogP contribution in [0.2, 0.25) is 0 Å². The van der Waals surface area contributed by atoms with Crippen molar-refractivity contribution in [1.82, 2.24) is 0 Å². The maximum atomic E-state index is 9.21. The molecule has 1 aromatic carbocycles. The zero-order valence-electron chi connectivity index (χ0n) is 13.5. The van der Waals surface area contributed by atoms with Gasteiger partial charge >= 0.3 is 0 Å². The fourth-order valence-electron chi connectivity index (χ4n) is 2.33. The summed E-state index contributed by atoms with van der Waals surface area (Å²) >= 11 is -4.01. The Morgan fingerprint density at radius 2 is 1.71 bits per heavy atom. The summed E-state index contributed by atoms with van der Waals surface area (Å²) in [4.78, 5) is 0. The Labute approximate surface area is 150 Å². The number of hydrogen-bond donors (Lipinski definition) is 1. The molecule has 0 amide bonds. The summed E-state index contributed by atoms with van der Waals surface area (Å²) in [5.74, 6) is 0. The summed E-state index contributed by atoms with van der Waals surface area (Å²) in [5, 5.41) is 12.7. The third-order valence-corrected chi connectivity index (χ3v) is 3.34. The number of hydrogen-bond acceptors (Lipinski definition) is 5. The van der Waals surface area contributed by atoms with Crippen molar-refractivity contribution in [2.45, 2.75) is 32.7 Å². The van der Waals surface area contributed by atoms with Gasteiger partial charge in [0.15, 0.2) is 11.9 Å². The van der Waals surface area contributed by atoms with Gasteiger partial charge in [-0.3, -0.25) is 0 Å². The molecule has 0 aliphatic heterocycles. The Balaban J connectivity index is 0.000000648. The molecule has 0 radical (unpaired) electrons. The maximum Gasteiger partial charge on any atom is 0.282 e. The zero-order valence-corrected chi connectivity index (χ0v) is 15.6. The number of nitrogens with zero attached hydrogens (tertiary/aromatic N) is 2. The predicted molar refractivity (Wildman–Crippen MR) is 80.0 cm³/mol. The second-order valence-corrected chi connectivity index (χ2v) is 6.07. The number of benzene rings is 1. The third kappa shape index (κ3) is 7.82. The minimum absolute atomic E-state index is 0.730. The molecular weight excluding hydrogens is 423 g/mol. The first kappa shape index (κ1) is 20.5. The van der Waals surface area contributed by atoms with Crippen molar-refractivity contribution in [2.75, 3.05) is 0 Å². The number of aromatic nitrogens is 1. The van der Waals surface area contributed by atoms with Gasteiger partial charge in [0.05, 0.1) is 5.71 Å². The molecular formula is C17H21IN2O4. The molecule has 1 heterocycles. The van der Waals surface area contributed by atoms with Crippen LogP contribution in [0.1, 0.15) is 31.0 Å². The SMILES string of the molecule is CCC[n+]1ccccc1CCC(=NO)c1ccccc1.[O-][I+2]([O-])[O-]. The largest absolute Gasteiger partial charge is 0.427 e. The smallest absolute Gasteiger partial charge is 0.282 e. The lowest BCUT2D eigenvalue weighted by molar-refractivity contribution is -1.73. The highest BCUT2D eigenvalue weighted by Crippen LogP contribution is 2.07. The van der Waals surface area contributed by atoms with E-state index in [1.165, 1.54) is 5.69 Å². The van der Waals surface area contributed by atoms with E-state index < -0.39 is 21.1 Å².